The quantitative estimate of drug-likeness (QED) is 0.530. The minimum atomic E-state index is -4.63. The van der Waals surface area contributed by atoms with Crippen molar-refractivity contribution in [2.24, 2.45) is 4.99 Å². The van der Waals surface area contributed by atoms with E-state index in [9.17, 15) is 22.8 Å². The molecular formula is C26H32F3N3O4S. The first-order chi connectivity index (χ1) is 17.3. The number of ether oxygens (including phenoxy) is 2. The fraction of sp³-hybridized carbons (Fsp3) is 0.577. The monoisotopic (exact) mass is 539 g/mol. The zero-order valence-electron chi connectivity index (χ0n) is 21.4. The van der Waals surface area contributed by atoms with Crippen LogP contribution in [0.5, 0.6) is 5.75 Å². The SMILES string of the molecule is CN1C(=O)CC[C@H]1COc1ccc(C(F)(F)F)cc1C(=O)N=c1sc(C(C)(C)C)cn1C[C@H]1CCCO1. The van der Waals surface area contributed by atoms with Gasteiger partial charge < -0.3 is 18.9 Å². The molecule has 37 heavy (non-hydrogen) atoms. The van der Waals surface area contributed by atoms with Gasteiger partial charge in [-0.05, 0) is 42.9 Å². The van der Waals surface area contributed by atoms with Crippen LogP contribution in [0.1, 0.15) is 67.3 Å². The average molecular weight is 540 g/mol. The number of rotatable bonds is 6. The van der Waals surface area contributed by atoms with Crippen LogP contribution < -0.4 is 9.54 Å². The Morgan fingerprint density at radius 3 is 2.59 bits per heavy atom. The molecular weight excluding hydrogens is 507 g/mol. The highest BCUT2D eigenvalue weighted by Crippen LogP contribution is 2.33. The van der Waals surface area contributed by atoms with Crippen LogP contribution >= 0.6 is 11.3 Å². The van der Waals surface area contributed by atoms with Crippen LogP contribution in [-0.2, 0) is 27.7 Å². The third-order valence-electron chi connectivity index (χ3n) is 6.68. The second kappa shape index (κ2) is 10.6. The summed E-state index contributed by atoms with van der Waals surface area (Å²) in [4.78, 5) is 32.4. The van der Waals surface area contributed by atoms with E-state index in [0.29, 0.717) is 30.8 Å². The number of hydrogen-bond donors (Lipinski definition) is 0. The van der Waals surface area contributed by atoms with Gasteiger partial charge in [-0.15, -0.1) is 11.3 Å². The maximum Gasteiger partial charge on any atom is 0.416 e. The summed E-state index contributed by atoms with van der Waals surface area (Å²) < 4.78 is 53.9. The van der Waals surface area contributed by atoms with Gasteiger partial charge >= 0.3 is 6.18 Å². The molecule has 0 spiro atoms. The van der Waals surface area contributed by atoms with Crippen molar-refractivity contribution in [3.05, 3.63) is 45.2 Å². The second-order valence-corrected chi connectivity index (χ2v) is 11.6. The van der Waals surface area contributed by atoms with Crippen molar-refractivity contribution in [3.63, 3.8) is 0 Å². The number of likely N-dealkylation sites (N-methyl/N-ethyl adjacent to an activating group) is 1. The predicted molar refractivity (Wildman–Crippen MR) is 133 cm³/mol. The molecule has 2 aliphatic heterocycles. The Labute approximate surface area is 217 Å². The van der Waals surface area contributed by atoms with Gasteiger partial charge in [0.15, 0.2) is 4.80 Å². The molecule has 11 heteroatoms. The highest BCUT2D eigenvalue weighted by molar-refractivity contribution is 7.09. The number of aromatic nitrogens is 1. The Balaban J connectivity index is 1.69. The molecule has 4 rings (SSSR count). The van der Waals surface area contributed by atoms with Gasteiger partial charge in [0.05, 0.1) is 29.8 Å². The number of nitrogens with zero attached hydrogens (tertiary/aromatic N) is 3. The number of amides is 2. The number of carbonyl (C=O) groups excluding carboxylic acids is 2. The Hall–Kier alpha value is -2.66. The molecule has 0 unspecified atom stereocenters. The van der Waals surface area contributed by atoms with Crippen molar-refractivity contribution in [1.82, 2.24) is 9.47 Å². The van der Waals surface area contributed by atoms with Gasteiger partial charge in [-0.2, -0.15) is 18.2 Å². The highest BCUT2D eigenvalue weighted by Gasteiger charge is 2.33. The molecule has 202 valence electrons. The molecule has 0 aliphatic carbocycles. The van der Waals surface area contributed by atoms with Crippen LogP contribution in [0.4, 0.5) is 13.2 Å². The summed E-state index contributed by atoms with van der Waals surface area (Å²) in [5.41, 5.74) is -1.42. The molecule has 0 N–H and O–H groups in total. The summed E-state index contributed by atoms with van der Waals surface area (Å²) >= 11 is 1.34. The number of benzene rings is 1. The fourth-order valence-corrected chi connectivity index (χ4v) is 5.40. The Morgan fingerprint density at radius 1 is 1.24 bits per heavy atom. The largest absolute Gasteiger partial charge is 0.491 e. The van der Waals surface area contributed by atoms with Gasteiger partial charge in [0, 0.05) is 31.1 Å². The van der Waals surface area contributed by atoms with E-state index in [-0.39, 0.29) is 41.4 Å². The first kappa shape index (κ1) is 27.4. The lowest BCUT2D eigenvalue weighted by Crippen LogP contribution is -2.33. The van der Waals surface area contributed by atoms with Crippen LogP contribution in [0.3, 0.4) is 0 Å². The average Bonchev–Trinajstić information content (AvgIpc) is 3.54. The molecule has 2 atom stereocenters. The summed E-state index contributed by atoms with van der Waals surface area (Å²) in [5.74, 6) is -0.830. The second-order valence-electron chi connectivity index (χ2n) is 10.5. The lowest BCUT2D eigenvalue weighted by molar-refractivity contribution is -0.137. The third kappa shape index (κ3) is 6.43. The summed E-state index contributed by atoms with van der Waals surface area (Å²) in [6.45, 7) is 7.39. The fourth-order valence-electron chi connectivity index (χ4n) is 4.34. The standard InChI is InChI=1S/C26H32F3N3O4S/c1-25(2,3)21-14-32(13-18-6-5-11-35-18)24(37-21)30-23(34)19-12-16(26(27,28)29)7-9-20(19)36-15-17-8-10-22(33)31(17)4/h7,9,12,14,17-18H,5-6,8,10-11,13,15H2,1-4H3/t17-,18+/m0/s1. The summed E-state index contributed by atoms with van der Waals surface area (Å²) in [7, 11) is 1.66. The van der Waals surface area contributed by atoms with Crippen LogP contribution in [0, 0.1) is 0 Å². The van der Waals surface area contributed by atoms with E-state index in [1.165, 1.54) is 11.3 Å². The molecule has 2 fully saturated rings. The van der Waals surface area contributed by atoms with Crippen LogP contribution in [-0.4, -0.2) is 53.7 Å². The minimum Gasteiger partial charge on any atom is -0.491 e. The molecule has 0 saturated carbocycles. The number of hydrogen-bond acceptors (Lipinski definition) is 5. The van der Waals surface area contributed by atoms with Crippen molar-refractivity contribution >= 4 is 23.2 Å². The lowest BCUT2D eigenvalue weighted by Gasteiger charge is -2.21. The smallest absolute Gasteiger partial charge is 0.416 e. The molecule has 1 aromatic heterocycles. The molecule has 7 nitrogen and oxygen atoms in total. The predicted octanol–water partition coefficient (Wildman–Crippen LogP) is 4.79. The highest BCUT2D eigenvalue weighted by atomic mass is 32.1. The number of alkyl halides is 3. The van der Waals surface area contributed by atoms with E-state index in [2.05, 4.69) is 4.99 Å². The van der Waals surface area contributed by atoms with Gasteiger partial charge in [0.1, 0.15) is 12.4 Å². The van der Waals surface area contributed by atoms with Crippen molar-refractivity contribution in [2.75, 3.05) is 20.3 Å². The van der Waals surface area contributed by atoms with Gasteiger partial charge in [0.25, 0.3) is 5.91 Å². The molecule has 0 bridgehead atoms. The molecule has 2 aliphatic rings. The molecule has 1 aromatic carbocycles. The van der Waals surface area contributed by atoms with Crippen molar-refractivity contribution in [1.29, 1.82) is 0 Å². The van der Waals surface area contributed by atoms with Gasteiger partial charge in [-0.25, -0.2) is 0 Å². The molecule has 2 aromatic rings. The normalized spacial score (nSPS) is 21.2. The van der Waals surface area contributed by atoms with E-state index in [4.69, 9.17) is 9.47 Å². The Kier molecular flexibility index (Phi) is 7.85. The Bertz CT molecular complexity index is 1220. The zero-order valence-corrected chi connectivity index (χ0v) is 22.2. The molecule has 0 radical (unpaired) electrons. The number of thiazole rings is 1. The number of halogens is 3. The van der Waals surface area contributed by atoms with E-state index in [1.54, 1.807) is 11.9 Å². The van der Waals surface area contributed by atoms with Gasteiger partial charge in [-0.3, -0.25) is 9.59 Å². The third-order valence-corrected chi connectivity index (χ3v) is 8.13. The van der Waals surface area contributed by atoms with E-state index in [0.717, 1.165) is 35.9 Å². The zero-order chi connectivity index (χ0) is 27.0. The lowest BCUT2D eigenvalue weighted by atomic mass is 9.95. The molecule has 3 heterocycles. The van der Waals surface area contributed by atoms with Gasteiger partial charge in [-0.1, -0.05) is 20.8 Å². The minimum absolute atomic E-state index is 0.00460. The van der Waals surface area contributed by atoms with E-state index in [1.807, 2.05) is 31.5 Å². The van der Waals surface area contributed by atoms with Crippen LogP contribution in [0.2, 0.25) is 0 Å². The Morgan fingerprint density at radius 2 is 2.00 bits per heavy atom. The number of likely N-dealkylation sites (tertiary alicyclic amines) is 1. The topological polar surface area (TPSA) is 73.1 Å². The summed E-state index contributed by atoms with van der Waals surface area (Å²) in [5, 5.41) is 0. The van der Waals surface area contributed by atoms with Gasteiger partial charge in [0.2, 0.25) is 5.91 Å². The van der Waals surface area contributed by atoms with Crippen molar-refractivity contribution < 1.29 is 32.2 Å². The molecule has 2 saturated heterocycles. The van der Waals surface area contributed by atoms with Crippen molar-refractivity contribution in [3.8, 4) is 5.75 Å². The van der Waals surface area contributed by atoms with E-state index >= 15 is 0 Å². The van der Waals surface area contributed by atoms with Crippen LogP contribution in [0.15, 0.2) is 29.4 Å². The summed E-state index contributed by atoms with van der Waals surface area (Å²) in [6, 6.07) is 2.61. The number of carbonyl (C=O) groups is 2. The van der Waals surface area contributed by atoms with Crippen molar-refractivity contribution in [2.45, 2.75) is 76.7 Å². The van der Waals surface area contributed by atoms with Crippen LogP contribution in [0.25, 0.3) is 0 Å². The maximum atomic E-state index is 13.5. The van der Waals surface area contributed by atoms with E-state index < -0.39 is 17.6 Å². The molecule has 2 amide bonds. The summed E-state index contributed by atoms with van der Waals surface area (Å²) in [6.07, 6.45) is 0.123. The first-order valence-electron chi connectivity index (χ1n) is 12.3. The first-order valence-corrected chi connectivity index (χ1v) is 13.2. The maximum absolute atomic E-state index is 13.5.